The summed E-state index contributed by atoms with van der Waals surface area (Å²) in [6.07, 6.45) is 18.1. The fourth-order valence-corrected chi connectivity index (χ4v) is 13.5. The lowest BCUT2D eigenvalue weighted by atomic mass is 9.59. The monoisotopic (exact) mass is 982 g/mol. The molecular weight excluding hydrogens is 921 g/mol. The van der Waals surface area contributed by atoms with Crippen LogP contribution in [0.15, 0.2) is 83.9 Å². The highest BCUT2D eigenvalue weighted by Gasteiger charge is 2.50. The summed E-state index contributed by atoms with van der Waals surface area (Å²) in [6.45, 7) is 6.11. The fraction of sp³-hybridized carbons (Fsp3) is 0.481. The predicted molar refractivity (Wildman–Crippen MR) is 272 cm³/mol. The van der Waals surface area contributed by atoms with E-state index in [1.807, 2.05) is 36.5 Å². The number of pyridine rings is 1. The number of nitrogens with zero attached hydrogens (tertiary/aromatic N) is 5. The summed E-state index contributed by atoms with van der Waals surface area (Å²) < 4.78 is 48.8. The van der Waals surface area contributed by atoms with Crippen molar-refractivity contribution in [2.24, 2.45) is 11.3 Å². The van der Waals surface area contributed by atoms with E-state index in [4.69, 9.17) is 25.6 Å². The van der Waals surface area contributed by atoms with Gasteiger partial charge in [-0.3, -0.25) is 19.8 Å². The molecule has 5 fully saturated rings. The van der Waals surface area contributed by atoms with Gasteiger partial charge in [0.2, 0.25) is 5.88 Å². The summed E-state index contributed by atoms with van der Waals surface area (Å²) in [5.74, 6) is 2.70. The van der Waals surface area contributed by atoms with Gasteiger partial charge in [0.15, 0.2) is 0 Å². The molecule has 2 aliphatic carbocycles. The predicted octanol–water partition coefficient (Wildman–Crippen LogP) is 8.85. The topological polar surface area (TPSA) is 184 Å². The third-order valence-corrected chi connectivity index (χ3v) is 18.1. The van der Waals surface area contributed by atoms with Crippen molar-refractivity contribution in [1.29, 1.82) is 0 Å². The van der Waals surface area contributed by atoms with E-state index in [2.05, 4.69) is 60.8 Å². The average Bonchev–Trinajstić information content (AvgIpc) is 4.06. The molecule has 0 bridgehead atoms. The summed E-state index contributed by atoms with van der Waals surface area (Å²) in [7, 11) is -2.89. The number of H-pyrrole nitrogens is 1. The Morgan fingerprint density at radius 2 is 1.80 bits per heavy atom. The van der Waals surface area contributed by atoms with Gasteiger partial charge in [0.1, 0.15) is 23.1 Å². The first-order valence-corrected chi connectivity index (χ1v) is 26.7. The minimum absolute atomic E-state index is 0.122. The maximum Gasteiger partial charge on any atom is 0.293 e. The number of aromatic nitrogens is 2. The quantitative estimate of drug-likeness (QED) is 0.0613. The van der Waals surface area contributed by atoms with Crippen LogP contribution in [-0.4, -0.2) is 104 Å². The number of hydrogen-bond acceptors (Lipinski definition) is 13. The smallest absolute Gasteiger partial charge is 0.293 e. The van der Waals surface area contributed by atoms with Gasteiger partial charge >= 0.3 is 0 Å². The summed E-state index contributed by atoms with van der Waals surface area (Å²) in [6, 6.07) is 22.2. The van der Waals surface area contributed by atoms with Crippen LogP contribution in [0.2, 0.25) is 0 Å². The van der Waals surface area contributed by atoms with E-state index in [0.717, 1.165) is 100 Å². The number of ether oxygens (including phenoxy) is 3. The number of hydrogen-bond donors (Lipinski definition) is 3. The number of anilines is 4. The molecule has 6 aliphatic rings. The van der Waals surface area contributed by atoms with Gasteiger partial charge in [0.25, 0.3) is 21.6 Å². The van der Waals surface area contributed by atoms with Crippen LogP contribution in [0.3, 0.4) is 0 Å². The van der Waals surface area contributed by atoms with Gasteiger partial charge in [-0.05, 0) is 150 Å². The van der Waals surface area contributed by atoms with Crippen molar-refractivity contribution in [1.82, 2.24) is 19.6 Å². The molecule has 2 aromatic heterocycles. The minimum Gasteiger partial charge on any atom is -0.468 e. The number of carbonyl (C=O) groups is 1. The van der Waals surface area contributed by atoms with E-state index >= 15 is 0 Å². The molecule has 0 unspecified atom stereocenters. The van der Waals surface area contributed by atoms with E-state index in [-0.39, 0.29) is 34.2 Å². The fourth-order valence-electron chi connectivity index (χ4n) is 12.5. The Bertz CT molecular complexity index is 3000. The number of nitrogens with one attached hydrogen (secondary N) is 3. The van der Waals surface area contributed by atoms with E-state index in [1.165, 1.54) is 24.1 Å². The molecular formula is C54H62N8O8S. The molecule has 71 heavy (non-hydrogen) atoms. The molecule has 3 N–H and O–H groups in total. The molecule has 2 saturated carbocycles. The second kappa shape index (κ2) is 18.8. The maximum absolute atomic E-state index is 14.7. The molecule has 372 valence electrons. The highest BCUT2D eigenvalue weighted by Crippen LogP contribution is 2.54. The van der Waals surface area contributed by atoms with Gasteiger partial charge in [-0.1, -0.05) is 24.1 Å². The molecule has 16 nitrogen and oxygen atoms in total. The Balaban J connectivity index is 0.861. The normalized spacial score (nSPS) is 25.4. The second-order valence-electron chi connectivity index (χ2n) is 20.9. The lowest BCUT2D eigenvalue weighted by Gasteiger charge is -2.56. The maximum atomic E-state index is 14.7. The number of fused-ring (bicyclic) bond motifs is 3. The Morgan fingerprint density at radius 3 is 2.58 bits per heavy atom. The number of piperidine rings is 1. The van der Waals surface area contributed by atoms with E-state index in [1.54, 1.807) is 13.2 Å². The lowest BCUT2D eigenvalue weighted by molar-refractivity contribution is -0.384. The Morgan fingerprint density at radius 1 is 1.00 bits per heavy atom. The highest BCUT2D eigenvalue weighted by molar-refractivity contribution is 7.90. The zero-order valence-electron chi connectivity index (χ0n) is 40.4. The van der Waals surface area contributed by atoms with Gasteiger partial charge in [-0.25, -0.2) is 13.1 Å². The third-order valence-electron chi connectivity index (χ3n) is 16.8. The van der Waals surface area contributed by atoms with Gasteiger partial charge in [-0.15, -0.1) is 6.42 Å². The van der Waals surface area contributed by atoms with Crippen LogP contribution < -0.4 is 24.6 Å². The van der Waals surface area contributed by atoms with E-state index < -0.39 is 37.5 Å². The van der Waals surface area contributed by atoms with Crippen molar-refractivity contribution >= 4 is 55.4 Å². The van der Waals surface area contributed by atoms with Crippen LogP contribution in [0.1, 0.15) is 105 Å². The summed E-state index contributed by atoms with van der Waals surface area (Å²) in [4.78, 5) is 41.3. The molecule has 5 aromatic rings. The van der Waals surface area contributed by atoms with Crippen LogP contribution in [0.25, 0.3) is 11.0 Å². The Hall–Kier alpha value is -6.19. The molecule has 4 aliphatic heterocycles. The Labute approximate surface area is 415 Å². The molecule has 1 amide bonds. The van der Waals surface area contributed by atoms with E-state index in [0.29, 0.717) is 61.2 Å². The van der Waals surface area contributed by atoms with Gasteiger partial charge in [-0.2, -0.15) is 4.98 Å². The van der Waals surface area contributed by atoms with Crippen molar-refractivity contribution in [3.63, 3.8) is 0 Å². The Kier molecular flexibility index (Phi) is 12.5. The van der Waals surface area contributed by atoms with Gasteiger partial charge < -0.3 is 34.3 Å². The van der Waals surface area contributed by atoms with Crippen molar-refractivity contribution in [2.45, 2.75) is 112 Å². The molecule has 3 saturated heterocycles. The number of terminal acetylenes is 1. The van der Waals surface area contributed by atoms with Crippen molar-refractivity contribution in [2.75, 3.05) is 61.6 Å². The molecule has 3 aromatic carbocycles. The summed E-state index contributed by atoms with van der Waals surface area (Å²) >= 11 is 0. The van der Waals surface area contributed by atoms with Gasteiger partial charge in [0, 0.05) is 74.3 Å². The first-order chi connectivity index (χ1) is 34.3. The number of nitro benzene ring substituents is 1. The lowest BCUT2D eigenvalue weighted by Crippen LogP contribution is -2.55. The zero-order valence-corrected chi connectivity index (χ0v) is 41.2. The number of methoxy groups -OCH3 is 1. The number of amides is 1. The van der Waals surface area contributed by atoms with E-state index in [9.17, 15) is 23.3 Å². The number of rotatable bonds is 12. The van der Waals surface area contributed by atoms with Crippen molar-refractivity contribution < 1.29 is 32.3 Å². The molecule has 0 radical (unpaired) electrons. The first kappa shape index (κ1) is 47.2. The summed E-state index contributed by atoms with van der Waals surface area (Å²) in [5, 5.41) is 16.5. The molecule has 17 heteroatoms. The number of likely N-dealkylation sites (tertiary alicyclic amines) is 1. The van der Waals surface area contributed by atoms with Crippen LogP contribution in [0, 0.1) is 33.8 Å². The van der Waals surface area contributed by atoms with Crippen molar-refractivity contribution in [3.8, 4) is 18.2 Å². The number of sulfonamides is 1. The number of carbonyl (C=O) groups excluding carboxylic acids is 1. The molecule has 1 spiro atoms. The minimum atomic E-state index is -4.61. The SMILES string of the molecule is C#Cc1ccccc1[C@@H]1CCCN1C1CC2(CCN(c3ccc(C(=O)NS(=O)(=O)c4ccc(NCC5CCC(C)(OC)CC5)c([N+](=O)[O-])c4)c(N4c5cc6cc[nH]c6nc5O[C@H]5COCC[C@@H]54)c3)CC2)C1. The van der Waals surface area contributed by atoms with Crippen LogP contribution in [-0.2, 0) is 19.5 Å². The zero-order chi connectivity index (χ0) is 49.1. The standard InChI is InChI=1S/C54H62N8O8S/c1-4-36-8-5-6-9-41(36)44-10-7-24-60(44)39-31-54(32-39)21-25-59(26-22-54)38-11-13-42(46(29-38)61-45-18-27-69-34-49(45)70-52-48(61)28-37-17-23-55-50(37)57-52)51(63)58-71(66,67)40-12-14-43(47(30-40)62(64)65)56-33-35-15-19-53(2,68-3)20-16-35/h1,5-6,8-9,11-14,17,23,28-30,35,39,44-45,49,56H,7,10,15-16,18-22,24-27,31-34H2,2-3H3,(H,55,57)(H,58,63)/t35?,44-,45-,49-,53?/m0/s1. The molecule has 3 atom stereocenters. The average molecular weight is 983 g/mol. The largest absolute Gasteiger partial charge is 0.468 e. The number of aromatic amines is 1. The summed E-state index contributed by atoms with van der Waals surface area (Å²) in [5.41, 5.74) is 5.00. The second-order valence-corrected chi connectivity index (χ2v) is 22.6. The molecule has 11 rings (SSSR count). The number of nitro groups is 1. The van der Waals surface area contributed by atoms with Crippen LogP contribution in [0.4, 0.5) is 28.4 Å². The first-order valence-electron chi connectivity index (χ1n) is 25.2. The van der Waals surface area contributed by atoms with Crippen LogP contribution >= 0.6 is 0 Å². The van der Waals surface area contributed by atoms with Crippen molar-refractivity contribution in [3.05, 3.63) is 106 Å². The number of benzene rings is 3. The molecule has 6 heterocycles. The third kappa shape index (κ3) is 8.98. The van der Waals surface area contributed by atoms with Gasteiger partial charge in [0.05, 0.1) is 39.3 Å². The van der Waals surface area contributed by atoms with Crippen LogP contribution in [0.5, 0.6) is 5.88 Å². The highest BCUT2D eigenvalue weighted by atomic mass is 32.2.